The summed E-state index contributed by atoms with van der Waals surface area (Å²) in [5, 5.41) is 24.7. The number of nitrogens with zero attached hydrogens (tertiary/aromatic N) is 1. The average molecular weight is 377 g/mol. The molecular weight excluding hydrogens is 361 g/mol. The predicted molar refractivity (Wildman–Crippen MR) is 94.0 cm³/mol. The largest absolute Gasteiger partial charge is 0.452 e. The summed E-state index contributed by atoms with van der Waals surface area (Å²) in [6, 6.07) is 9.26. The maximum absolute atomic E-state index is 13.3. The summed E-state index contributed by atoms with van der Waals surface area (Å²) >= 11 is 0. The summed E-state index contributed by atoms with van der Waals surface area (Å²) < 4.78 is 18.2. The second kappa shape index (κ2) is 9.25. The van der Waals surface area contributed by atoms with Crippen molar-refractivity contribution in [2.75, 3.05) is 30.4 Å². The Balaban J connectivity index is 1.97. The number of amides is 1. The van der Waals surface area contributed by atoms with Crippen molar-refractivity contribution in [1.82, 2.24) is 0 Å². The minimum Gasteiger partial charge on any atom is -0.452 e. The van der Waals surface area contributed by atoms with Crippen LogP contribution >= 0.6 is 0 Å². The lowest BCUT2D eigenvalue weighted by Crippen LogP contribution is -2.21. The van der Waals surface area contributed by atoms with Gasteiger partial charge in [0.1, 0.15) is 0 Å². The summed E-state index contributed by atoms with van der Waals surface area (Å²) in [4.78, 5) is 33.8. The third-order valence-electron chi connectivity index (χ3n) is 3.34. The quantitative estimate of drug-likeness (QED) is 0.364. The molecule has 0 aliphatic heterocycles. The number of hydrogen-bond donors (Lipinski definition) is 3. The number of carbonyl (C=O) groups is 2. The molecule has 142 valence electrons. The molecule has 0 bridgehead atoms. The van der Waals surface area contributed by atoms with Gasteiger partial charge < -0.3 is 20.5 Å². The molecular formula is C17H16FN3O6. The van der Waals surface area contributed by atoms with Gasteiger partial charge in [0.05, 0.1) is 17.1 Å². The standard InChI is InChI=1S/C17H16FN3O6/c18-13-6-5-11(9-15(13)21(25)26)20-16(23)10-27-17(24)12-3-1-2-4-14(12)19-7-8-22/h1-6,9,19,22H,7-8,10H2,(H,20,23). The van der Waals surface area contributed by atoms with Crippen molar-refractivity contribution in [3.05, 3.63) is 64.0 Å². The first-order valence-corrected chi connectivity index (χ1v) is 7.77. The highest BCUT2D eigenvalue weighted by molar-refractivity contribution is 5.98. The zero-order valence-electron chi connectivity index (χ0n) is 14.0. The molecule has 0 atom stereocenters. The Morgan fingerprint density at radius 2 is 1.96 bits per heavy atom. The molecule has 9 nitrogen and oxygen atoms in total. The molecule has 10 heteroatoms. The van der Waals surface area contributed by atoms with E-state index in [-0.39, 0.29) is 24.4 Å². The number of aliphatic hydroxyl groups is 1. The van der Waals surface area contributed by atoms with E-state index in [0.717, 1.165) is 18.2 Å². The molecule has 1 amide bonds. The summed E-state index contributed by atoms with van der Waals surface area (Å²) in [5.74, 6) is -2.54. The van der Waals surface area contributed by atoms with E-state index in [1.165, 1.54) is 6.07 Å². The van der Waals surface area contributed by atoms with Gasteiger partial charge in [-0.05, 0) is 24.3 Å². The smallest absolute Gasteiger partial charge is 0.340 e. The van der Waals surface area contributed by atoms with Crippen molar-refractivity contribution in [1.29, 1.82) is 0 Å². The molecule has 0 saturated carbocycles. The highest BCUT2D eigenvalue weighted by atomic mass is 19.1. The van der Waals surface area contributed by atoms with Crippen LogP contribution in [0.3, 0.4) is 0 Å². The van der Waals surface area contributed by atoms with Gasteiger partial charge in [0, 0.05) is 24.0 Å². The maximum atomic E-state index is 13.3. The molecule has 2 aromatic rings. The van der Waals surface area contributed by atoms with E-state index >= 15 is 0 Å². The molecule has 3 N–H and O–H groups in total. The first-order valence-electron chi connectivity index (χ1n) is 7.77. The Bertz CT molecular complexity index is 858. The number of ether oxygens (including phenoxy) is 1. The fraction of sp³-hybridized carbons (Fsp3) is 0.176. The number of hydrogen-bond acceptors (Lipinski definition) is 7. The van der Waals surface area contributed by atoms with Crippen LogP contribution in [0.4, 0.5) is 21.5 Å². The fourth-order valence-electron chi connectivity index (χ4n) is 2.14. The molecule has 0 unspecified atom stereocenters. The molecule has 2 aromatic carbocycles. The van der Waals surface area contributed by atoms with Gasteiger partial charge in [0.2, 0.25) is 5.82 Å². The number of carbonyl (C=O) groups excluding carboxylic acids is 2. The zero-order valence-corrected chi connectivity index (χ0v) is 14.0. The minimum atomic E-state index is -1.03. The van der Waals surface area contributed by atoms with Crippen LogP contribution in [-0.4, -0.2) is 41.7 Å². The number of nitrogens with one attached hydrogen (secondary N) is 2. The molecule has 0 aliphatic carbocycles. The normalized spacial score (nSPS) is 10.1. The first-order chi connectivity index (χ1) is 12.9. The summed E-state index contributed by atoms with van der Waals surface area (Å²) in [6.07, 6.45) is 0. The molecule has 0 radical (unpaired) electrons. The molecule has 0 heterocycles. The molecule has 0 spiro atoms. The van der Waals surface area contributed by atoms with Gasteiger partial charge in [-0.15, -0.1) is 0 Å². The van der Waals surface area contributed by atoms with Crippen LogP contribution in [0.25, 0.3) is 0 Å². The second-order valence-electron chi connectivity index (χ2n) is 5.24. The number of nitro groups is 1. The van der Waals surface area contributed by atoms with Crippen molar-refractivity contribution < 1.29 is 28.7 Å². The lowest BCUT2D eigenvalue weighted by molar-refractivity contribution is -0.387. The Morgan fingerprint density at radius 1 is 1.22 bits per heavy atom. The van der Waals surface area contributed by atoms with E-state index in [0.29, 0.717) is 5.69 Å². The lowest BCUT2D eigenvalue weighted by Gasteiger charge is -2.11. The minimum absolute atomic E-state index is 0.00541. The second-order valence-corrected chi connectivity index (χ2v) is 5.24. The van der Waals surface area contributed by atoms with Crippen LogP contribution in [0.5, 0.6) is 0 Å². The van der Waals surface area contributed by atoms with Gasteiger partial charge in [0.25, 0.3) is 5.91 Å². The van der Waals surface area contributed by atoms with Crippen LogP contribution in [0.2, 0.25) is 0 Å². The monoisotopic (exact) mass is 377 g/mol. The summed E-state index contributed by atoms with van der Waals surface area (Å²) in [7, 11) is 0. The Labute approximate surface area is 152 Å². The van der Waals surface area contributed by atoms with Crippen LogP contribution in [0.1, 0.15) is 10.4 Å². The van der Waals surface area contributed by atoms with Crippen molar-refractivity contribution in [3.63, 3.8) is 0 Å². The number of esters is 1. The third-order valence-corrected chi connectivity index (χ3v) is 3.34. The third kappa shape index (κ3) is 5.47. The topological polar surface area (TPSA) is 131 Å². The van der Waals surface area contributed by atoms with E-state index in [9.17, 15) is 24.1 Å². The van der Waals surface area contributed by atoms with E-state index in [2.05, 4.69) is 10.6 Å². The van der Waals surface area contributed by atoms with Gasteiger partial charge in [-0.2, -0.15) is 4.39 Å². The predicted octanol–water partition coefficient (Wildman–Crippen LogP) is 1.93. The van der Waals surface area contributed by atoms with Crippen molar-refractivity contribution >= 4 is 28.9 Å². The van der Waals surface area contributed by atoms with E-state index in [1.54, 1.807) is 18.2 Å². The maximum Gasteiger partial charge on any atom is 0.340 e. The summed E-state index contributed by atoms with van der Waals surface area (Å²) in [6.45, 7) is -0.540. The van der Waals surface area contributed by atoms with Crippen LogP contribution in [0.15, 0.2) is 42.5 Å². The van der Waals surface area contributed by atoms with Crippen LogP contribution in [-0.2, 0) is 9.53 Å². The Hall–Kier alpha value is -3.53. The molecule has 0 aromatic heterocycles. The fourth-order valence-corrected chi connectivity index (χ4v) is 2.14. The number of halogens is 1. The van der Waals surface area contributed by atoms with Gasteiger partial charge >= 0.3 is 11.7 Å². The van der Waals surface area contributed by atoms with E-state index in [1.807, 2.05) is 0 Å². The summed E-state index contributed by atoms with van der Waals surface area (Å²) in [5.41, 5.74) is -0.176. The molecule has 0 fully saturated rings. The molecule has 0 saturated heterocycles. The van der Waals surface area contributed by atoms with Gasteiger partial charge in [0.15, 0.2) is 6.61 Å². The van der Waals surface area contributed by atoms with Crippen molar-refractivity contribution in [2.24, 2.45) is 0 Å². The highest BCUT2D eigenvalue weighted by Crippen LogP contribution is 2.21. The van der Waals surface area contributed by atoms with Gasteiger partial charge in [-0.3, -0.25) is 14.9 Å². The number of nitro benzene ring substituents is 1. The SMILES string of the molecule is O=C(COC(=O)c1ccccc1NCCO)Nc1ccc(F)c([N+](=O)[O-])c1. The first kappa shape index (κ1) is 19.8. The lowest BCUT2D eigenvalue weighted by atomic mass is 10.2. The van der Waals surface area contributed by atoms with E-state index < -0.39 is 34.9 Å². The van der Waals surface area contributed by atoms with Crippen molar-refractivity contribution in [2.45, 2.75) is 0 Å². The number of aliphatic hydroxyl groups excluding tert-OH is 1. The van der Waals surface area contributed by atoms with Gasteiger partial charge in [-0.1, -0.05) is 12.1 Å². The highest BCUT2D eigenvalue weighted by Gasteiger charge is 2.17. The number of rotatable bonds is 8. The number of benzene rings is 2. The van der Waals surface area contributed by atoms with E-state index in [4.69, 9.17) is 9.84 Å². The zero-order chi connectivity index (χ0) is 19.8. The van der Waals surface area contributed by atoms with Crippen LogP contribution in [0, 0.1) is 15.9 Å². The number of anilines is 2. The van der Waals surface area contributed by atoms with Gasteiger partial charge in [-0.25, -0.2) is 4.79 Å². The Morgan fingerprint density at radius 3 is 2.67 bits per heavy atom. The van der Waals surface area contributed by atoms with Crippen LogP contribution < -0.4 is 10.6 Å². The Kier molecular flexibility index (Phi) is 6.78. The van der Waals surface area contributed by atoms with Crippen molar-refractivity contribution in [3.8, 4) is 0 Å². The average Bonchev–Trinajstić information content (AvgIpc) is 2.66. The molecule has 0 aliphatic rings. The molecule has 27 heavy (non-hydrogen) atoms. The molecule has 2 rings (SSSR count). The number of para-hydroxylation sites is 1.